The summed E-state index contributed by atoms with van der Waals surface area (Å²) in [5, 5.41) is 3.92. The number of aromatic nitrogens is 2. The number of aryl methyl sites for hydroxylation is 1. The first-order valence-corrected chi connectivity index (χ1v) is 8.12. The van der Waals surface area contributed by atoms with E-state index in [1.54, 1.807) is 14.0 Å². The Morgan fingerprint density at radius 3 is 2.45 bits per heavy atom. The van der Waals surface area contributed by atoms with E-state index in [1.165, 1.54) is 35.1 Å². The van der Waals surface area contributed by atoms with Crippen LogP contribution in [0.25, 0.3) is 0 Å². The van der Waals surface area contributed by atoms with E-state index in [0.29, 0.717) is 18.1 Å². The monoisotopic (exact) mass is 323 g/mol. The number of hydrogen-bond donors (Lipinski definition) is 1. The topological polar surface area (TPSA) is 90.3 Å². The lowest BCUT2D eigenvalue weighted by Gasteiger charge is -2.08. The fourth-order valence-corrected chi connectivity index (χ4v) is 2.81. The Kier molecular flexibility index (Phi) is 4.51. The predicted octanol–water partition coefficient (Wildman–Crippen LogP) is 1.25. The van der Waals surface area contributed by atoms with E-state index in [9.17, 15) is 13.2 Å². The molecule has 0 aliphatic carbocycles. The van der Waals surface area contributed by atoms with Gasteiger partial charge in [0.2, 0.25) is 0 Å². The van der Waals surface area contributed by atoms with Gasteiger partial charge in [-0.15, -0.1) is 0 Å². The van der Waals surface area contributed by atoms with Crippen LogP contribution < -0.4 is 9.46 Å². The van der Waals surface area contributed by atoms with Crippen molar-refractivity contribution in [2.45, 2.75) is 18.7 Å². The van der Waals surface area contributed by atoms with Crippen LogP contribution in [0.5, 0.6) is 5.75 Å². The molecule has 22 heavy (non-hydrogen) atoms. The smallest absolute Gasteiger partial charge is 0.268 e. The molecule has 2 rings (SSSR count). The van der Waals surface area contributed by atoms with E-state index in [2.05, 4.69) is 5.10 Å². The molecule has 0 spiro atoms. The van der Waals surface area contributed by atoms with Gasteiger partial charge in [0.25, 0.3) is 15.9 Å². The van der Waals surface area contributed by atoms with Gasteiger partial charge >= 0.3 is 0 Å². The minimum absolute atomic E-state index is 0.00848. The van der Waals surface area contributed by atoms with Gasteiger partial charge in [-0.1, -0.05) is 0 Å². The molecule has 1 amide bonds. The number of carbonyl (C=O) groups is 1. The quantitative estimate of drug-likeness (QED) is 0.894. The molecule has 0 aliphatic heterocycles. The average molecular weight is 323 g/mol. The SMILES string of the molecule is CCOc1ccc(S(=O)(=O)NC(=O)c2cnn(C)c2C)cc1. The van der Waals surface area contributed by atoms with Crippen LogP contribution in [0.1, 0.15) is 23.0 Å². The zero-order chi connectivity index (χ0) is 16.3. The zero-order valence-electron chi connectivity index (χ0n) is 12.5. The maximum atomic E-state index is 12.2. The van der Waals surface area contributed by atoms with Crippen LogP contribution in [0.3, 0.4) is 0 Å². The first-order chi connectivity index (χ1) is 10.3. The second-order valence-electron chi connectivity index (χ2n) is 4.61. The van der Waals surface area contributed by atoms with Crippen molar-refractivity contribution >= 4 is 15.9 Å². The third-order valence-electron chi connectivity index (χ3n) is 3.15. The van der Waals surface area contributed by atoms with Crippen molar-refractivity contribution in [1.29, 1.82) is 0 Å². The summed E-state index contributed by atoms with van der Waals surface area (Å²) in [4.78, 5) is 12.1. The molecule has 1 N–H and O–H groups in total. The molecule has 0 aliphatic rings. The number of nitrogens with zero attached hydrogens (tertiary/aromatic N) is 2. The molecule has 1 aromatic carbocycles. The molecular weight excluding hydrogens is 306 g/mol. The van der Waals surface area contributed by atoms with Crippen LogP contribution >= 0.6 is 0 Å². The Balaban J connectivity index is 2.20. The van der Waals surface area contributed by atoms with Gasteiger partial charge in [0.05, 0.1) is 23.3 Å². The molecule has 0 unspecified atom stereocenters. The highest BCUT2D eigenvalue weighted by Gasteiger charge is 2.21. The number of nitrogens with one attached hydrogen (secondary N) is 1. The van der Waals surface area contributed by atoms with Crippen LogP contribution in [-0.2, 0) is 17.1 Å². The lowest BCUT2D eigenvalue weighted by Crippen LogP contribution is -2.30. The summed E-state index contributed by atoms with van der Waals surface area (Å²) in [5.41, 5.74) is 0.802. The highest BCUT2D eigenvalue weighted by molar-refractivity contribution is 7.90. The summed E-state index contributed by atoms with van der Waals surface area (Å²) >= 11 is 0. The van der Waals surface area contributed by atoms with Gasteiger partial charge in [-0.2, -0.15) is 5.10 Å². The highest BCUT2D eigenvalue weighted by Crippen LogP contribution is 2.16. The molecule has 8 heteroatoms. The third-order valence-corrected chi connectivity index (χ3v) is 4.50. The second-order valence-corrected chi connectivity index (χ2v) is 6.29. The first-order valence-electron chi connectivity index (χ1n) is 6.63. The van der Waals surface area contributed by atoms with Crippen LogP contribution in [0.2, 0.25) is 0 Å². The molecule has 1 heterocycles. The predicted molar refractivity (Wildman–Crippen MR) is 80.2 cm³/mol. The Morgan fingerprint density at radius 1 is 1.32 bits per heavy atom. The van der Waals surface area contributed by atoms with E-state index in [1.807, 2.05) is 11.6 Å². The zero-order valence-corrected chi connectivity index (χ0v) is 13.3. The number of benzene rings is 1. The van der Waals surface area contributed by atoms with Gasteiger partial charge in [0.15, 0.2) is 0 Å². The third kappa shape index (κ3) is 3.28. The van der Waals surface area contributed by atoms with Crippen LogP contribution in [0, 0.1) is 6.92 Å². The lowest BCUT2D eigenvalue weighted by molar-refractivity contribution is 0.0980. The van der Waals surface area contributed by atoms with Crippen LogP contribution in [0.15, 0.2) is 35.4 Å². The number of hydrogen-bond acceptors (Lipinski definition) is 5. The second kappa shape index (κ2) is 6.18. The van der Waals surface area contributed by atoms with Crippen molar-refractivity contribution in [2.24, 2.45) is 7.05 Å². The average Bonchev–Trinajstić information content (AvgIpc) is 2.79. The summed E-state index contributed by atoms with van der Waals surface area (Å²) in [6.07, 6.45) is 1.33. The number of carbonyl (C=O) groups excluding carboxylic acids is 1. The largest absolute Gasteiger partial charge is 0.494 e. The lowest BCUT2D eigenvalue weighted by atomic mass is 10.2. The highest BCUT2D eigenvalue weighted by atomic mass is 32.2. The minimum atomic E-state index is -3.94. The van der Waals surface area contributed by atoms with Gasteiger partial charge in [0.1, 0.15) is 5.75 Å². The van der Waals surface area contributed by atoms with Gasteiger partial charge in [0, 0.05) is 12.7 Å². The van der Waals surface area contributed by atoms with Crippen molar-refractivity contribution in [3.05, 3.63) is 41.7 Å². The number of rotatable bonds is 5. The molecule has 0 atom stereocenters. The van der Waals surface area contributed by atoms with Gasteiger partial charge < -0.3 is 4.74 Å². The molecule has 0 bridgehead atoms. The summed E-state index contributed by atoms with van der Waals surface area (Å²) in [5.74, 6) is -0.143. The maximum absolute atomic E-state index is 12.2. The fraction of sp³-hybridized carbons (Fsp3) is 0.286. The molecule has 0 fully saturated rings. The molecule has 0 radical (unpaired) electrons. The van der Waals surface area contributed by atoms with E-state index in [0.717, 1.165) is 0 Å². The summed E-state index contributed by atoms with van der Waals surface area (Å²) in [6.45, 7) is 4.01. The molecule has 118 valence electrons. The van der Waals surface area contributed by atoms with Crippen LogP contribution in [0.4, 0.5) is 0 Å². The van der Waals surface area contributed by atoms with Crippen molar-refractivity contribution in [2.75, 3.05) is 6.61 Å². The number of amides is 1. The summed E-state index contributed by atoms with van der Waals surface area (Å²) in [7, 11) is -2.27. The molecule has 2 aromatic rings. The van der Waals surface area contributed by atoms with E-state index in [-0.39, 0.29) is 10.5 Å². The van der Waals surface area contributed by atoms with Gasteiger partial charge in [-0.25, -0.2) is 13.1 Å². The Bertz CT molecular complexity index is 779. The molecular formula is C14H17N3O4S. The maximum Gasteiger partial charge on any atom is 0.268 e. The number of ether oxygens (including phenoxy) is 1. The molecule has 1 aromatic heterocycles. The van der Waals surface area contributed by atoms with Crippen molar-refractivity contribution < 1.29 is 17.9 Å². The Labute approximate surface area is 129 Å². The van der Waals surface area contributed by atoms with Crippen molar-refractivity contribution in [1.82, 2.24) is 14.5 Å². The fourth-order valence-electron chi connectivity index (χ4n) is 1.84. The molecule has 0 saturated carbocycles. The first kappa shape index (κ1) is 16.0. The molecule has 0 saturated heterocycles. The van der Waals surface area contributed by atoms with Crippen molar-refractivity contribution in [3.63, 3.8) is 0 Å². The van der Waals surface area contributed by atoms with Crippen molar-refractivity contribution in [3.8, 4) is 5.75 Å². The number of sulfonamides is 1. The Morgan fingerprint density at radius 2 is 1.95 bits per heavy atom. The van der Waals surface area contributed by atoms with Gasteiger partial charge in [-0.3, -0.25) is 9.48 Å². The van der Waals surface area contributed by atoms with E-state index < -0.39 is 15.9 Å². The molecule has 7 nitrogen and oxygen atoms in total. The summed E-state index contributed by atoms with van der Waals surface area (Å²) in [6, 6.07) is 5.85. The van der Waals surface area contributed by atoms with Crippen LogP contribution in [-0.4, -0.2) is 30.7 Å². The normalized spacial score (nSPS) is 11.2. The Hall–Kier alpha value is -2.35. The summed E-state index contributed by atoms with van der Waals surface area (Å²) < 4.78 is 33.2. The minimum Gasteiger partial charge on any atom is -0.494 e. The van der Waals surface area contributed by atoms with Gasteiger partial charge in [-0.05, 0) is 38.1 Å². The van der Waals surface area contributed by atoms with E-state index in [4.69, 9.17) is 4.74 Å². The van der Waals surface area contributed by atoms with E-state index >= 15 is 0 Å². The standard InChI is InChI=1S/C14H17N3O4S/c1-4-21-11-5-7-12(8-6-11)22(19,20)16-14(18)13-9-15-17(3)10(13)2/h5-9H,4H2,1-3H3,(H,16,18).